The first-order valence-corrected chi connectivity index (χ1v) is 32.0. The number of aliphatic imine (C=N–C) groups is 5. The molecule has 19 heterocycles. The van der Waals surface area contributed by atoms with Gasteiger partial charge in [-0.3, -0.25) is 15.0 Å². The molecule has 31 nitrogen and oxygen atoms in total. The first-order chi connectivity index (χ1) is 53.6. The number of fused-ring (bicyclic) bond motifs is 10. The summed E-state index contributed by atoms with van der Waals surface area (Å²) in [6, 6.07) is 27.5. The highest BCUT2D eigenvalue weighted by molar-refractivity contribution is 5.85. The average molecular weight is 1460 g/mol. The second-order valence-corrected chi connectivity index (χ2v) is 21.5. The van der Waals surface area contributed by atoms with Crippen molar-refractivity contribution in [1.29, 1.82) is 0 Å². The van der Waals surface area contributed by atoms with Crippen molar-refractivity contribution >= 4 is 100 Å². The van der Waals surface area contributed by atoms with Crippen LogP contribution in [0.25, 0.3) is 40.8 Å². The maximum Gasteiger partial charge on any atom is 0.356 e. The molecule has 0 saturated carbocycles. The standard InChI is InChI=1S/4C9H7NO.3C8H6N2O.C7H5N3O.2C6H3N3O2/c1-7-2-3-8-6-10-5-4-9(8)11-7;1-7-4-5-8-9(11-7)3-2-6-10-8;1-7-4-5-8-3-2-6-10-9(8)11-7;1-7-6-10-8-4-2-3-5-9(8)11-7;1-6-4-10-7-5-9-3-2-8(7)11-6;1-6-5-10-8-7(11-6)3-2-4-9-8;1-6-5-10-7-3-2-4-9-8(7)11-6;1-5-2-9-6-3-8-4-10-7(6)11-5;10-4-3-9-5-6(11-4)8-2-1-7-5;10-5-3-7-6-4(11-5)1-2-8-9-6/h4*2-6H,1H2;3*2-5H,1H2;2-4H,1H2;2*1-3H. The Morgan fingerprint density at radius 3 is 1.60 bits per heavy atom. The van der Waals surface area contributed by atoms with Crippen molar-refractivity contribution in [2.24, 2.45) is 25.0 Å². The molecule has 0 amide bonds. The van der Waals surface area contributed by atoms with Crippen LogP contribution in [0.3, 0.4) is 0 Å². The van der Waals surface area contributed by atoms with Gasteiger partial charge in [-0.2, -0.15) is 10.1 Å². The van der Waals surface area contributed by atoms with Gasteiger partial charge in [0.1, 0.15) is 99.0 Å². The van der Waals surface area contributed by atoms with Crippen LogP contribution in [0.1, 0.15) is 16.8 Å². The zero-order valence-electron chi connectivity index (χ0n) is 57.7. The number of nitrogens with zero attached hydrogens (tertiary/aromatic N) is 19. The SMILES string of the molecule is C=C1C=Cc2cccnc2O1.C=C1C=Cc2cnccc2O1.C=C1C=Cc2ncccc2O1.C=C1C=Nc2ccccc2O1.C=C1C=Nc2cccnc2O1.C=C1C=Nc2cnccc2O1.C=C1C=Nc2cncnc2O1.C=C1C=Nc2ncccc2O1.O=c1cnc2nccnc2o1.O=c1cnc2nnccc2o1. The largest absolute Gasteiger partial charge is 0.457 e. The summed E-state index contributed by atoms with van der Waals surface area (Å²) in [4.78, 5) is 88.0. The average Bonchev–Trinajstić information content (AvgIpc) is 0.949. The maximum absolute atomic E-state index is 10.6. The topological polar surface area (TPSA) is 377 Å². The Morgan fingerprint density at radius 1 is 0.300 bits per heavy atom. The lowest BCUT2D eigenvalue weighted by molar-refractivity contribution is 0.424. The van der Waals surface area contributed by atoms with Gasteiger partial charge in [-0.25, -0.2) is 74.4 Å². The van der Waals surface area contributed by atoms with E-state index in [-0.39, 0.29) is 5.71 Å². The number of hydrogen-bond acceptors (Lipinski definition) is 31. The summed E-state index contributed by atoms with van der Waals surface area (Å²) in [5.41, 5.74) is 6.06. The second kappa shape index (κ2) is 37.6. The zero-order chi connectivity index (χ0) is 76.8. The number of ether oxygens (including phenoxy) is 8. The molecule has 0 spiro atoms. The zero-order valence-corrected chi connectivity index (χ0v) is 57.7. The molecule has 11 aromatic heterocycles. The molecule has 540 valence electrons. The molecule has 0 unspecified atom stereocenters. The number of aromatic nitrogens is 14. The number of para-hydroxylation sites is 2. The first-order valence-electron chi connectivity index (χ1n) is 32.0. The third kappa shape index (κ3) is 22.3. The Bertz CT molecular complexity index is 4970. The Labute approximate surface area is 624 Å². The Balaban J connectivity index is 0.000000121. The highest BCUT2D eigenvalue weighted by atomic mass is 16.5. The monoisotopic (exact) mass is 1460 g/mol. The molecule has 1 aromatic carbocycles. The van der Waals surface area contributed by atoms with E-state index >= 15 is 0 Å². The molecule has 0 radical (unpaired) electrons. The highest BCUT2D eigenvalue weighted by Gasteiger charge is 2.14. The van der Waals surface area contributed by atoms with E-state index in [9.17, 15) is 9.59 Å². The molecule has 8 aliphatic rings. The van der Waals surface area contributed by atoms with Crippen molar-refractivity contribution in [2.45, 2.75) is 0 Å². The van der Waals surface area contributed by atoms with Crippen LogP contribution in [0.2, 0.25) is 0 Å². The van der Waals surface area contributed by atoms with E-state index in [1.807, 2.05) is 103 Å². The summed E-state index contributed by atoms with van der Waals surface area (Å²) < 4.78 is 51.3. The van der Waals surface area contributed by atoms with Gasteiger partial charge in [-0.05, 0) is 103 Å². The number of pyridine rings is 6. The van der Waals surface area contributed by atoms with Crippen molar-refractivity contribution in [3.8, 4) is 46.4 Å². The number of hydrogen-bond donors (Lipinski definition) is 0. The normalized spacial score (nSPS) is 13.2. The summed E-state index contributed by atoms with van der Waals surface area (Å²) >= 11 is 0. The molecule has 0 fully saturated rings. The quantitative estimate of drug-likeness (QED) is 0.136. The summed E-state index contributed by atoms with van der Waals surface area (Å²) in [5, 5.41) is 7.20. The smallest absolute Gasteiger partial charge is 0.356 e. The van der Waals surface area contributed by atoms with Gasteiger partial charge in [0.05, 0.1) is 49.7 Å². The van der Waals surface area contributed by atoms with E-state index in [4.69, 9.17) is 42.3 Å². The van der Waals surface area contributed by atoms with Gasteiger partial charge < -0.3 is 46.7 Å². The Hall–Kier alpha value is -16.5. The minimum Gasteiger partial charge on any atom is -0.457 e. The summed E-state index contributed by atoms with van der Waals surface area (Å²) in [5.74, 6) is 10.7. The molecular weight excluding hydrogens is 1410 g/mol. The third-order valence-corrected chi connectivity index (χ3v) is 13.4. The van der Waals surface area contributed by atoms with E-state index in [1.165, 1.54) is 37.2 Å². The highest BCUT2D eigenvalue weighted by Crippen LogP contribution is 2.34. The van der Waals surface area contributed by atoms with Gasteiger partial charge in [0, 0.05) is 79.0 Å². The molecule has 110 heavy (non-hydrogen) atoms. The van der Waals surface area contributed by atoms with Crippen LogP contribution in [0.15, 0.2) is 344 Å². The molecule has 20 rings (SSSR count). The van der Waals surface area contributed by atoms with Gasteiger partial charge in [0.2, 0.25) is 28.9 Å². The molecule has 0 bridgehead atoms. The van der Waals surface area contributed by atoms with Crippen LogP contribution in [0, 0.1) is 0 Å². The van der Waals surface area contributed by atoms with E-state index < -0.39 is 11.3 Å². The van der Waals surface area contributed by atoms with Crippen molar-refractivity contribution in [1.82, 2.24) is 70.0 Å². The summed E-state index contributed by atoms with van der Waals surface area (Å²) in [6.07, 6.45) is 42.1. The van der Waals surface area contributed by atoms with Gasteiger partial charge in [-0.15, -0.1) is 5.10 Å². The van der Waals surface area contributed by atoms with Gasteiger partial charge in [-0.1, -0.05) is 64.8 Å². The summed E-state index contributed by atoms with van der Waals surface area (Å²) in [6.45, 7) is 29.1. The number of benzene rings is 1. The minimum atomic E-state index is -0.516. The lowest BCUT2D eigenvalue weighted by Gasteiger charge is -2.11. The maximum atomic E-state index is 10.6. The van der Waals surface area contributed by atoms with E-state index in [0.29, 0.717) is 104 Å². The molecule has 31 heteroatoms. The fraction of sp³-hybridized carbons (Fsp3) is 0. The Kier molecular flexibility index (Phi) is 25.6. The van der Waals surface area contributed by atoms with Gasteiger partial charge >= 0.3 is 11.3 Å². The van der Waals surface area contributed by atoms with E-state index in [0.717, 1.165) is 63.5 Å². The molecule has 0 saturated heterocycles. The molecule has 0 atom stereocenters. The molecule has 8 aliphatic heterocycles. The van der Waals surface area contributed by atoms with Crippen molar-refractivity contribution in [3.05, 3.63) is 339 Å². The van der Waals surface area contributed by atoms with Gasteiger partial charge in [0.15, 0.2) is 34.4 Å². The first kappa shape index (κ1) is 74.7. The van der Waals surface area contributed by atoms with E-state index in [2.05, 4.69) is 152 Å². The van der Waals surface area contributed by atoms with Crippen LogP contribution in [-0.4, -0.2) is 101 Å². The summed E-state index contributed by atoms with van der Waals surface area (Å²) in [7, 11) is 0. The third-order valence-electron chi connectivity index (χ3n) is 13.4. The van der Waals surface area contributed by atoms with Crippen LogP contribution in [-0.2, 0) is 0 Å². The molecule has 0 N–H and O–H groups in total. The predicted octanol–water partition coefficient (Wildman–Crippen LogP) is 14.4. The number of allylic oxidation sites excluding steroid dienone is 8. The van der Waals surface area contributed by atoms with Crippen LogP contribution in [0.5, 0.6) is 46.4 Å². The van der Waals surface area contributed by atoms with E-state index in [1.54, 1.807) is 98.8 Å². The minimum absolute atomic E-state index is 0.167. The Morgan fingerprint density at radius 2 is 0.818 bits per heavy atom. The fourth-order valence-electron chi connectivity index (χ4n) is 8.64. The lowest BCUT2D eigenvalue weighted by atomic mass is 10.2. The molecule has 12 aromatic rings. The van der Waals surface area contributed by atoms with Crippen LogP contribution < -0.4 is 49.1 Å². The molecule has 0 aliphatic carbocycles. The van der Waals surface area contributed by atoms with Crippen molar-refractivity contribution in [3.63, 3.8) is 0 Å². The van der Waals surface area contributed by atoms with Crippen molar-refractivity contribution < 1.29 is 46.7 Å². The van der Waals surface area contributed by atoms with Crippen molar-refractivity contribution in [2.75, 3.05) is 0 Å². The predicted molar refractivity (Wildman–Crippen MR) is 412 cm³/mol. The second-order valence-electron chi connectivity index (χ2n) is 21.5. The van der Waals surface area contributed by atoms with Crippen LogP contribution in [0.4, 0.5) is 28.6 Å². The molecular formula is C79H57N19O12. The van der Waals surface area contributed by atoms with Gasteiger partial charge in [0.25, 0.3) is 5.71 Å². The number of rotatable bonds is 0. The lowest BCUT2D eigenvalue weighted by Crippen LogP contribution is -2.01. The van der Waals surface area contributed by atoms with Crippen LogP contribution >= 0.6 is 0 Å². The fourth-order valence-corrected chi connectivity index (χ4v) is 8.64.